The molecule has 2 aromatic carbocycles. The molecule has 7 heteroatoms. The molecule has 0 atom stereocenters. The minimum atomic E-state index is -0.765. The van der Waals surface area contributed by atoms with Gasteiger partial charge in [0, 0.05) is 27.4 Å². The van der Waals surface area contributed by atoms with E-state index in [2.05, 4.69) is 20.9 Å². The highest BCUT2D eigenvalue weighted by molar-refractivity contribution is 9.10. The number of halogens is 3. The van der Waals surface area contributed by atoms with Gasteiger partial charge in [-0.2, -0.15) is 0 Å². The largest absolute Gasteiger partial charge is 0.465 e. The summed E-state index contributed by atoms with van der Waals surface area (Å²) in [5.41, 5.74) is 0.0639. The predicted octanol–water partition coefficient (Wildman–Crippen LogP) is 7.10. The summed E-state index contributed by atoms with van der Waals surface area (Å²) in [7, 11) is 1.17. The van der Waals surface area contributed by atoms with Crippen LogP contribution in [-0.4, -0.2) is 23.8 Å². The highest BCUT2D eigenvalue weighted by Gasteiger charge is 2.28. The first-order chi connectivity index (χ1) is 14.8. The lowest BCUT2D eigenvalue weighted by atomic mass is 9.93. The summed E-state index contributed by atoms with van der Waals surface area (Å²) in [5.74, 6) is -2.62. The normalized spacial score (nSPS) is 9.71. The van der Waals surface area contributed by atoms with Gasteiger partial charge in [-0.05, 0) is 48.9 Å². The summed E-state index contributed by atoms with van der Waals surface area (Å²) in [6.07, 6.45) is 1.26. The molecule has 1 aromatic heterocycles. The van der Waals surface area contributed by atoms with Gasteiger partial charge in [-0.25, -0.2) is 13.6 Å². The van der Waals surface area contributed by atoms with E-state index < -0.39 is 23.4 Å². The van der Waals surface area contributed by atoms with Crippen molar-refractivity contribution in [2.24, 2.45) is 0 Å². The van der Waals surface area contributed by atoms with Gasteiger partial charge in [0.25, 0.3) is 0 Å². The average molecular weight is 494 g/mol. The zero-order valence-electron chi connectivity index (χ0n) is 18.4. The fraction of sp³-hybridized carbons (Fsp3) is 0.250. The maximum absolute atomic E-state index is 14.6. The molecule has 0 aliphatic heterocycles. The number of hydrogen-bond acceptors (Lipinski definition) is 3. The Morgan fingerprint density at radius 1 is 0.903 bits per heavy atom. The average Bonchev–Trinajstić information content (AvgIpc) is 3.23. The van der Waals surface area contributed by atoms with E-state index in [4.69, 9.17) is 4.74 Å². The summed E-state index contributed by atoms with van der Waals surface area (Å²) in [6, 6.07) is 8.50. The van der Waals surface area contributed by atoms with E-state index in [0.717, 1.165) is 16.6 Å². The van der Waals surface area contributed by atoms with Crippen LogP contribution in [0.3, 0.4) is 0 Å². The van der Waals surface area contributed by atoms with E-state index in [0.29, 0.717) is 5.56 Å². The van der Waals surface area contributed by atoms with Crippen molar-refractivity contribution in [3.63, 3.8) is 0 Å². The number of hydrogen-bond donors (Lipinski definition) is 1. The SMILES string of the molecule is CC.CC.COC(=O)c1c[nH]c(C(=O)c2ccc(Br)cc2)c1-c1c(F)ccc(F)c1C. The number of benzene rings is 2. The van der Waals surface area contributed by atoms with Crippen molar-refractivity contribution in [1.29, 1.82) is 0 Å². The Morgan fingerprint density at radius 2 is 1.45 bits per heavy atom. The van der Waals surface area contributed by atoms with E-state index in [-0.39, 0.29) is 27.9 Å². The first-order valence-electron chi connectivity index (χ1n) is 9.90. The molecule has 166 valence electrons. The molecule has 0 aliphatic rings. The minimum absolute atomic E-state index is 0.00962. The quantitative estimate of drug-likeness (QED) is 0.311. The van der Waals surface area contributed by atoms with Gasteiger partial charge in [-0.1, -0.05) is 43.6 Å². The van der Waals surface area contributed by atoms with E-state index in [1.807, 2.05) is 27.7 Å². The van der Waals surface area contributed by atoms with Gasteiger partial charge < -0.3 is 9.72 Å². The second-order valence-corrected chi connectivity index (χ2v) is 6.72. The molecule has 0 saturated carbocycles. The number of rotatable bonds is 4. The van der Waals surface area contributed by atoms with Crippen LogP contribution >= 0.6 is 15.9 Å². The van der Waals surface area contributed by atoms with Crippen LogP contribution in [0.1, 0.15) is 59.7 Å². The van der Waals surface area contributed by atoms with Gasteiger partial charge in [0.15, 0.2) is 0 Å². The highest BCUT2D eigenvalue weighted by Crippen LogP contribution is 2.35. The molecule has 1 heterocycles. The third kappa shape index (κ3) is 5.67. The van der Waals surface area contributed by atoms with Gasteiger partial charge in [0.2, 0.25) is 5.78 Å². The molecule has 0 spiro atoms. The summed E-state index contributed by atoms with van der Waals surface area (Å²) < 4.78 is 34.2. The van der Waals surface area contributed by atoms with Crippen molar-refractivity contribution < 1.29 is 23.1 Å². The van der Waals surface area contributed by atoms with Crippen molar-refractivity contribution in [2.45, 2.75) is 34.6 Å². The Morgan fingerprint density at radius 3 is 2.00 bits per heavy atom. The highest BCUT2D eigenvalue weighted by atomic mass is 79.9. The fourth-order valence-electron chi connectivity index (χ4n) is 2.84. The van der Waals surface area contributed by atoms with Crippen molar-refractivity contribution in [2.75, 3.05) is 7.11 Å². The Hall–Kier alpha value is -2.80. The molecule has 3 rings (SSSR count). The predicted molar refractivity (Wildman–Crippen MR) is 122 cm³/mol. The molecule has 3 aromatic rings. The first kappa shape index (κ1) is 26.2. The first-order valence-corrected chi connectivity index (χ1v) is 10.7. The van der Waals surface area contributed by atoms with Crippen LogP contribution in [0.2, 0.25) is 0 Å². The number of aromatic amines is 1. The van der Waals surface area contributed by atoms with Gasteiger partial charge in [0.1, 0.15) is 11.6 Å². The zero-order chi connectivity index (χ0) is 23.7. The summed E-state index contributed by atoms with van der Waals surface area (Å²) in [5, 5.41) is 0. The third-order valence-electron chi connectivity index (χ3n) is 4.22. The molecule has 0 radical (unpaired) electrons. The van der Waals surface area contributed by atoms with Crippen LogP contribution in [0, 0.1) is 18.6 Å². The number of carbonyl (C=O) groups is 2. The van der Waals surface area contributed by atoms with Gasteiger partial charge in [-0.3, -0.25) is 4.79 Å². The standard InChI is InChI=1S/C20H14BrF2NO3.2C2H6/c1-10-14(22)7-8-15(23)16(10)17-13(20(26)27-2)9-24-18(17)19(25)11-3-5-12(21)6-4-11;2*1-2/h3-9,24H,1-2H3;2*1-2H3. The monoisotopic (exact) mass is 493 g/mol. The number of nitrogens with one attached hydrogen (secondary N) is 1. The number of aromatic nitrogens is 1. The molecule has 0 amide bonds. The van der Waals surface area contributed by atoms with E-state index in [9.17, 15) is 18.4 Å². The molecule has 0 fully saturated rings. The van der Waals surface area contributed by atoms with Crippen LogP contribution in [0.15, 0.2) is 47.1 Å². The Labute approximate surface area is 189 Å². The number of carbonyl (C=O) groups excluding carboxylic acids is 2. The van der Waals surface area contributed by atoms with Crippen LogP contribution < -0.4 is 0 Å². The lowest BCUT2D eigenvalue weighted by Crippen LogP contribution is -2.08. The maximum atomic E-state index is 14.6. The van der Waals surface area contributed by atoms with Crippen molar-refractivity contribution in [1.82, 2.24) is 4.98 Å². The molecule has 4 nitrogen and oxygen atoms in total. The fourth-order valence-corrected chi connectivity index (χ4v) is 3.10. The number of esters is 1. The second-order valence-electron chi connectivity index (χ2n) is 5.81. The topological polar surface area (TPSA) is 59.2 Å². The lowest BCUT2D eigenvalue weighted by Gasteiger charge is -2.12. The lowest BCUT2D eigenvalue weighted by molar-refractivity contribution is 0.0601. The van der Waals surface area contributed by atoms with E-state index >= 15 is 0 Å². The molecule has 0 unspecified atom stereocenters. The molecule has 0 bridgehead atoms. The Bertz CT molecular complexity index is 1040. The van der Waals surface area contributed by atoms with Gasteiger partial charge >= 0.3 is 5.97 Å². The van der Waals surface area contributed by atoms with Gasteiger partial charge in [-0.15, -0.1) is 0 Å². The number of H-pyrrole nitrogens is 1. The number of ketones is 1. The van der Waals surface area contributed by atoms with Gasteiger partial charge in [0.05, 0.1) is 18.4 Å². The molecular formula is C24H26BrF2NO3. The number of ether oxygens (including phenoxy) is 1. The van der Waals surface area contributed by atoms with Crippen LogP contribution in [0.5, 0.6) is 0 Å². The minimum Gasteiger partial charge on any atom is -0.465 e. The molecular weight excluding hydrogens is 468 g/mol. The van der Waals surface area contributed by atoms with E-state index in [1.165, 1.54) is 20.2 Å². The number of methoxy groups -OCH3 is 1. The maximum Gasteiger partial charge on any atom is 0.340 e. The smallest absolute Gasteiger partial charge is 0.340 e. The van der Waals surface area contributed by atoms with Crippen LogP contribution in [0.25, 0.3) is 11.1 Å². The van der Waals surface area contributed by atoms with E-state index in [1.54, 1.807) is 24.3 Å². The summed E-state index contributed by atoms with van der Waals surface area (Å²) >= 11 is 3.29. The van der Waals surface area contributed by atoms with Crippen LogP contribution in [0.4, 0.5) is 8.78 Å². The second kappa shape index (κ2) is 12.2. The third-order valence-corrected chi connectivity index (χ3v) is 4.75. The molecule has 0 saturated heterocycles. The zero-order valence-corrected chi connectivity index (χ0v) is 20.0. The Balaban J connectivity index is 0.00000113. The van der Waals surface area contributed by atoms with Crippen LogP contribution in [-0.2, 0) is 4.74 Å². The molecule has 1 N–H and O–H groups in total. The summed E-state index contributed by atoms with van der Waals surface area (Å²) in [6.45, 7) is 9.38. The van der Waals surface area contributed by atoms with Crippen molar-refractivity contribution in [3.8, 4) is 11.1 Å². The summed E-state index contributed by atoms with van der Waals surface area (Å²) in [4.78, 5) is 27.8. The molecule has 31 heavy (non-hydrogen) atoms. The Kier molecular flexibility index (Phi) is 10.3. The van der Waals surface area contributed by atoms with Crippen molar-refractivity contribution in [3.05, 3.63) is 81.1 Å². The molecule has 0 aliphatic carbocycles. The van der Waals surface area contributed by atoms with Crippen molar-refractivity contribution >= 4 is 27.7 Å².